The molecule has 0 bridgehead atoms. The Labute approximate surface area is 108 Å². The van der Waals surface area contributed by atoms with Gasteiger partial charge in [0.25, 0.3) is 0 Å². The third-order valence-electron chi connectivity index (χ3n) is 2.44. The predicted molar refractivity (Wildman–Crippen MR) is 68.9 cm³/mol. The molecule has 90 valence electrons. The molecule has 2 N–H and O–H groups in total. The highest BCUT2D eigenvalue weighted by atomic mass is 79.9. The van der Waals surface area contributed by atoms with Crippen molar-refractivity contribution in [1.29, 1.82) is 0 Å². The number of ether oxygens (including phenoxy) is 1. The summed E-state index contributed by atoms with van der Waals surface area (Å²) in [4.78, 5) is 4.22. The minimum atomic E-state index is 0.541. The molecule has 0 radical (unpaired) electrons. The maximum absolute atomic E-state index is 5.53. The molecule has 1 aromatic heterocycles. The number of oxazole rings is 1. The van der Waals surface area contributed by atoms with Crippen molar-refractivity contribution < 1.29 is 9.15 Å². The molecular weight excluding hydrogens is 284 g/mol. The molecular formula is C12H13BrN2O2. The van der Waals surface area contributed by atoms with E-state index in [4.69, 9.17) is 14.9 Å². The summed E-state index contributed by atoms with van der Waals surface area (Å²) in [7, 11) is 1.63. The Balaban J connectivity index is 2.39. The summed E-state index contributed by atoms with van der Waals surface area (Å²) in [6.45, 7) is 0.541. The van der Waals surface area contributed by atoms with Crippen molar-refractivity contribution in [3.8, 4) is 17.0 Å². The summed E-state index contributed by atoms with van der Waals surface area (Å²) < 4.78 is 11.4. The number of aromatic nitrogens is 1. The molecule has 0 saturated carbocycles. The molecule has 0 amide bonds. The zero-order valence-electron chi connectivity index (χ0n) is 9.44. The van der Waals surface area contributed by atoms with Crippen molar-refractivity contribution in [2.75, 3.05) is 13.7 Å². The number of methoxy groups -OCH3 is 1. The maximum Gasteiger partial charge on any atom is 0.181 e. The van der Waals surface area contributed by atoms with E-state index in [1.807, 2.05) is 18.2 Å². The van der Waals surface area contributed by atoms with Crippen molar-refractivity contribution in [2.24, 2.45) is 5.73 Å². The van der Waals surface area contributed by atoms with Gasteiger partial charge in [0.1, 0.15) is 17.2 Å². The molecule has 5 heteroatoms. The van der Waals surface area contributed by atoms with Crippen LogP contribution >= 0.6 is 15.9 Å². The van der Waals surface area contributed by atoms with Crippen LogP contribution in [0.1, 0.15) is 5.76 Å². The second-order valence-corrected chi connectivity index (χ2v) is 4.37. The highest BCUT2D eigenvalue weighted by molar-refractivity contribution is 9.10. The fourth-order valence-corrected chi connectivity index (χ4v) is 2.17. The molecule has 0 spiro atoms. The summed E-state index contributed by atoms with van der Waals surface area (Å²) in [5.41, 5.74) is 7.34. The molecule has 0 atom stereocenters. The monoisotopic (exact) mass is 296 g/mol. The smallest absolute Gasteiger partial charge is 0.181 e. The third kappa shape index (κ3) is 2.50. The highest BCUT2D eigenvalue weighted by Crippen LogP contribution is 2.31. The molecule has 2 aromatic rings. The quantitative estimate of drug-likeness (QED) is 0.942. The Morgan fingerprint density at radius 3 is 2.94 bits per heavy atom. The van der Waals surface area contributed by atoms with Gasteiger partial charge in [-0.15, -0.1) is 0 Å². The summed E-state index contributed by atoms with van der Waals surface area (Å²) in [5.74, 6) is 1.60. The van der Waals surface area contributed by atoms with E-state index >= 15 is 0 Å². The van der Waals surface area contributed by atoms with Gasteiger partial charge in [-0.2, -0.15) is 0 Å². The molecule has 0 unspecified atom stereocenters. The number of benzene rings is 1. The molecule has 4 nitrogen and oxygen atoms in total. The van der Waals surface area contributed by atoms with Crippen LogP contribution in [0.2, 0.25) is 0 Å². The molecule has 17 heavy (non-hydrogen) atoms. The Hall–Kier alpha value is -1.33. The summed E-state index contributed by atoms with van der Waals surface area (Å²) in [6, 6.07) is 5.79. The van der Waals surface area contributed by atoms with Gasteiger partial charge in [0.05, 0.1) is 11.6 Å². The van der Waals surface area contributed by atoms with Crippen LogP contribution in [0.4, 0.5) is 0 Å². The lowest BCUT2D eigenvalue weighted by atomic mass is 10.1. The lowest BCUT2D eigenvalue weighted by Gasteiger charge is -2.05. The Bertz CT molecular complexity index is 511. The fraction of sp³-hybridized carbons (Fsp3) is 0.250. The van der Waals surface area contributed by atoms with E-state index in [9.17, 15) is 0 Å². The van der Waals surface area contributed by atoms with E-state index in [-0.39, 0.29) is 0 Å². The van der Waals surface area contributed by atoms with Crippen LogP contribution in [0.5, 0.6) is 5.75 Å². The van der Waals surface area contributed by atoms with Gasteiger partial charge in [-0.25, -0.2) is 4.98 Å². The van der Waals surface area contributed by atoms with Crippen molar-refractivity contribution in [1.82, 2.24) is 4.98 Å². The number of hydrogen-bond acceptors (Lipinski definition) is 4. The molecule has 0 aliphatic rings. The van der Waals surface area contributed by atoms with E-state index < -0.39 is 0 Å². The van der Waals surface area contributed by atoms with Gasteiger partial charge < -0.3 is 14.9 Å². The highest BCUT2D eigenvalue weighted by Gasteiger charge is 2.11. The molecule has 0 aliphatic heterocycles. The number of nitrogens with zero attached hydrogens (tertiary/aromatic N) is 1. The average Bonchev–Trinajstić information content (AvgIpc) is 2.78. The van der Waals surface area contributed by atoms with Crippen LogP contribution in [0.15, 0.2) is 33.5 Å². The zero-order chi connectivity index (χ0) is 12.3. The first-order valence-electron chi connectivity index (χ1n) is 5.22. The molecule has 0 saturated heterocycles. The molecule has 0 aliphatic carbocycles. The standard InChI is InChI=1S/C12H13BrN2O2/c1-16-10-3-2-8(6-9(10)13)12-11(4-5-14)17-7-15-12/h2-3,6-7H,4-5,14H2,1H3. The lowest BCUT2D eigenvalue weighted by molar-refractivity contribution is 0.412. The van der Waals surface area contributed by atoms with Gasteiger partial charge >= 0.3 is 0 Å². The molecule has 0 fully saturated rings. The van der Waals surface area contributed by atoms with E-state index in [0.717, 1.165) is 27.2 Å². The number of hydrogen-bond donors (Lipinski definition) is 1. The van der Waals surface area contributed by atoms with Crippen LogP contribution in [0.25, 0.3) is 11.3 Å². The molecule has 2 rings (SSSR count). The minimum Gasteiger partial charge on any atom is -0.496 e. The van der Waals surface area contributed by atoms with E-state index in [2.05, 4.69) is 20.9 Å². The SMILES string of the molecule is COc1ccc(-c2ncoc2CCN)cc1Br. The van der Waals surface area contributed by atoms with Gasteiger partial charge in [-0.05, 0) is 40.7 Å². The van der Waals surface area contributed by atoms with Crippen LogP contribution in [0.3, 0.4) is 0 Å². The molecule has 1 heterocycles. The number of rotatable bonds is 4. The predicted octanol–water partition coefficient (Wildman–Crippen LogP) is 2.61. The Kier molecular flexibility index (Phi) is 3.81. The average molecular weight is 297 g/mol. The van der Waals surface area contributed by atoms with E-state index in [1.54, 1.807) is 7.11 Å². The van der Waals surface area contributed by atoms with Crippen LogP contribution < -0.4 is 10.5 Å². The second kappa shape index (κ2) is 5.33. The van der Waals surface area contributed by atoms with Crippen LogP contribution in [-0.2, 0) is 6.42 Å². The first-order chi connectivity index (χ1) is 8.26. The van der Waals surface area contributed by atoms with Crippen LogP contribution in [-0.4, -0.2) is 18.6 Å². The normalized spacial score (nSPS) is 10.5. The van der Waals surface area contributed by atoms with Gasteiger partial charge in [-0.3, -0.25) is 0 Å². The largest absolute Gasteiger partial charge is 0.496 e. The van der Waals surface area contributed by atoms with Gasteiger partial charge in [0.2, 0.25) is 0 Å². The molecule has 1 aromatic carbocycles. The topological polar surface area (TPSA) is 61.3 Å². The van der Waals surface area contributed by atoms with E-state index in [1.165, 1.54) is 6.39 Å². The van der Waals surface area contributed by atoms with Crippen molar-refractivity contribution in [2.45, 2.75) is 6.42 Å². The summed E-state index contributed by atoms with van der Waals surface area (Å²) in [6.07, 6.45) is 2.12. The fourth-order valence-electron chi connectivity index (χ4n) is 1.63. The van der Waals surface area contributed by atoms with Crippen molar-refractivity contribution >= 4 is 15.9 Å². The van der Waals surface area contributed by atoms with Gasteiger partial charge in [-0.1, -0.05) is 0 Å². The minimum absolute atomic E-state index is 0.541. The third-order valence-corrected chi connectivity index (χ3v) is 3.06. The lowest BCUT2D eigenvalue weighted by Crippen LogP contribution is -2.02. The van der Waals surface area contributed by atoms with Gasteiger partial charge in [0.15, 0.2) is 6.39 Å². The number of halogens is 1. The Morgan fingerprint density at radius 1 is 1.47 bits per heavy atom. The first kappa shape index (κ1) is 12.1. The van der Waals surface area contributed by atoms with E-state index in [0.29, 0.717) is 13.0 Å². The van der Waals surface area contributed by atoms with Gasteiger partial charge in [0, 0.05) is 12.0 Å². The number of nitrogens with two attached hydrogens (primary N) is 1. The van der Waals surface area contributed by atoms with Crippen LogP contribution in [0, 0.1) is 0 Å². The second-order valence-electron chi connectivity index (χ2n) is 3.51. The zero-order valence-corrected chi connectivity index (χ0v) is 11.0. The Morgan fingerprint density at radius 2 is 2.29 bits per heavy atom. The first-order valence-corrected chi connectivity index (χ1v) is 6.02. The summed E-state index contributed by atoms with van der Waals surface area (Å²) >= 11 is 3.45. The summed E-state index contributed by atoms with van der Waals surface area (Å²) in [5, 5.41) is 0. The maximum atomic E-state index is 5.53. The van der Waals surface area contributed by atoms with Crippen molar-refractivity contribution in [3.05, 3.63) is 34.8 Å². The van der Waals surface area contributed by atoms with Crippen molar-refractivity contribution in [3.63, 3.8) is 0 Å².